The molecule has 3 nitrogen and oxygen atoms in total. The minimum absolute atomic E-state index is 0.108. The summed E-state index contributed by atoms with van der Waals surface area (Å²) in [7, 11) is 0. The first-order valence-corrected chi connectivity index (χ1v) is 4.14. The molecule has 0 radical (unpaired) electrons. The number of hydrogen-bond donors (Lipinski definition) is 3. The Bertz CT molecular complexity index is 318. The van der Waals surface area contributed by atoms with E-state index in [9.17, 15) is 5.11 Å². The first-order valence-electron chi connectivity index (χ1n) is 4.14. The van der Waals surface area contributed by atoms with E-state index < -0.39 is 0 Å². The molecule has 1 aromatic rings. The molecule has 0 fully saturated rings. The molecule has 0 spiro atoms. The second-order valence-electron chi connectivity index (χ2n) is 3.11. The van der Waals surface area contributed by atoms with E-state index in [4.69, 9.17) is 10.2 Å². The first kappa shape index (κ1) is 10.0. The molecule has 1 aromatic carbocycles. The molecule has 0 saturated heterocycles. The molecule has 0 aliphatic heterocycles. The summed E-state index contributed by atoms with van der Waals surface area (Å²) in [6.07, 6.45) is 0. The summed E-state index contributed by atoms with van der Waals surface area (Å²) >= 11 is 0. The maximum Gasteiger partial charge on any atom is 0.119 e. The summed E-state index contributed by atoms with van der Waals surface area (Å²) in [5.74, 6) is 0.166. The Labute approximate surface area is 77.3 Å². The Balaban J connectivity index is 3.41. The zero-order valence-corrected chi connectivity index (χ0v) is 7.83. The zero-order valence-electron chi connectivity index (χ0n) is 7.83. The SMILES string of the molecule is Cc1cc(O)c(C)c(CO)c1CO. The second kappa shape index (κ2) is 3.77. The van der Waals surface area contributed by atoms with Crippen molar-refractivity contribution < 1.29 is 15.3 Å². The number of rotatable bonds is 2. The van der Waals surface area contributed by atoms with Crippen LogP contribution >= 0.6 is 0 Å². The molecule has 72 valence electrons. The summed E-state index contributed by atoms with van der Waals surface area (Å²) in [6, 6.07) is 1.60. The fraction of sp³-hybridized carbons (Fsp3) is 0.400. The smallest absolute Gasteiger partial charge is 0.119 e. The summed E-state index contributed by atoms with van der Waals surface area (Å²) < 4.78 is 0. The number of aliphatic hydroxyl groups excluding tert-OH is 2. The third kappa shape index (κ3) is 1.66. The van der Waals surface area contributed by atoms with Crippen molar-refractivity contribution in [2.75, 3.05) is 0 Å². The van der Waals surface area contributed by atoms with Crippen LogP contribution in [0.3, 0.4) is 0 Å². The van der Waals surface area contributed by atoms with Gasteiger partial charge in [0.2, 0.25) is 0 Å². The minimum Gasteiger partial charge on any atom is -0.508 e. The van der Waals surface area contributed by atoms with Crippen molar-refractivity contribution in [1.82, 2.24) is 0 Å². The summed E-state index contributed by atoms with van der Waals surface area (Å²) in [6.45, 7) is 3.25. The van der Waals surface area contributed by atoms with Crippen LogP contribution in [0.25, 0.3) is 0 Å². The molecule has 0 saturated carbocycles. The number of benzene rings is 1. The van der Waals surface area contributed by atoms with Crippen molar-refractivity contribution in [3.63, 3.8) is 0 Å². The van der Waals surface area contributed by atoms with Gasteiger partial charge in [0.15, 0.2) is 0 Å². The maximum absolute atomic E-state index is 9.44. The van der Waals surface area contributed by atoms with Crippen LogP contribution in [0.5, 0.6) is 5.75 Å². The van der Waals surface area contributed by atoms with Gasteiger partial charge in [0.05, 0.1) is 13.2 Å². The van der Waals surface area contributed by atoms with Crippen molar-refractivity contribution in [3.05, 3.63) is 28.3 Å². The standard InChI is InChI=1S/C10H14O3/c1-6-3-10(13)7(2)9(5-12)8(6)4-11/h3,11-13H,4-5H2,1-2H3. The molecule has 0 unspecified atom stereocenters. The quantitative estimate of drug-likeness (QED) is 0.639. The molecule has 0 heterocycles. The second-order valence-corrected chi connectivity index (χ2v) is 3.11. The fourth-order valence-corrected chi connectivity index (χ4v) is 1.45. The van der Waals surface area contributed by atoms with Crippen molar-refractivity contribution in [2.45, 2.75) is 27.1 Å². The lowest BCUT2D eigenvalue weighted by atomic mass is 9.97. The van der Waals surface area contributed by atoms with Gasteiger partial charge >= 0.3 is 0 Å². The molecule has 13 heavy (non-hydrogen) atoms. The van der Waals surface area contributed by atoms with Gasteiger partial charge in [-0.05, 0) is 42.2 Å². The van der Waals surface area contributed by atoms with Crippen LogP contribution in [0.4, 0.5) is 0 Å². The third-order valence-corrected chi connectivity index (χ3v) is 2.35. The van der Waals surface area contributed by atoms with Crippen LogP contribution in [0.2, 0.25) is 0 Å². The molecule has 0 bridgehead atoms. The fourth-order valence-electron chi connectivity index (χ4n) is 1.45. The van der Waals surface area contributed by atoms with Crippen molar-refractivity contribution in [2.24, 2.45) is 0 Å². The highest BCUT2D eigenvalue weighted by molar-refractivity contribution is 5.47. The maximum atomic E-state index is 9.44. The minimum atomic E-state index is -0.156. The molecule has 3 N–H and O–H groups in total. The molecular weight excluding hydrogens is 168 g/mol. The van der Waals surface area contributed by atoms with E-state index in [0.717, 1.165) is 5.56 Å². The highest BCUT2D eigenvalue weighted by atomic mass is 16.3. The van der Waals surface area contributed by atoms with Crippen molar-refractivity contribution in [3.8, 4) is 5.75 Å². The lowest BCUT2D eigenvalue weighted by molar-refractivity contribution is 0.258. The van der Waals surface area contributed by atoms with E-state index in [-0.39, 0.29) is 19.0 Å². The van der Waals surface area contributed by atoms with Gasteiger partial charge < -0.3 is 15.3 Å². The average Bonchev–Trinajstić information content (AvgIpc) is 2.10. The highest BCUT2D eigenvalue weighted by Crippen LogP contribution is 2.27. The van der Waals surface area contributed by atoms with Crippen LogP contribution in [0.1, 0.15) is 22.3 Å². The van der Waals surface area contributed by atoms with E-state index in [0.29, 0.717) is 16.7 Å². The molecule has 0 atom stereocenters. The Morgan fingerprint density at radius 3 is 2.08 bits per heavy atom. The molecular formula is C10H14O3. The van der Waals surface area contributed by atoms with Crippen LogP contribution in [0, 0.1) is 13.8 Å². The van der Waals surface area contributed by atoms with Crippen molar-refractivity contribution in [1.29, 1.82) is 0 Å². The molecule has 3 heteroatoms. The van der Waals surface area contributed by atoms with Gasteiger partial charge in [0.25, 0.3) is 0 Å². The van der Waals surface area contributed by atoms with Gasteiger partial charge in [-0.3, -0.25) is 0 Å². The van der Waals surface area contributed by atoms with Crippen LogP contribution in [-0.2, 0) is 13.2 Å². The lowest BCUT2D eigenvalue weighted by Crippen LogP contribution is -2.00. The topological polar surface area (TPSA) is 60.7 Å². The van der Waals surface area contributed by atoms with Gasteiger partial charge in [-0.1, -0.05) is 0 Å². The largest absolute Gasteiger partial charge is 0.508 e. The highest BCUT2D eigenvalue weighted by Gasteiger charge is 2.10. The molecule has 0 amide bonds. The molecule has 1 rings (SSSR count). The average molecular weight is 182 g/mol. The number of phenolic OH excluding ortho intramolecular Hbond substituents is 1. The molecule has 0 aromatic heterocycles. The van der Waals surface area contributed by atoms with E-state index >= 15 is 0 Å². The number of phenols is 1. The monoisotopic (exact) mass is 182 g/mol. The van der Waals surface area contributed by atoms with Crippen LogP contribution in [0.15, 0.2) is 6.07 Å². The summed E-state index contributed by atoms with van der Waals surface area (Å²) in [5.41, 5.74) is 2.77. The van der Waals surface area contributed by atoms with Gasteiger partial charge in [0, 0.05) is 0 Å². The van der Waals surface area contributed by atoms with E-state index in [1.54, 1.807) is 19.9 Å². The molecule has 0 aliphatic rings. The Morgan fingerprint density at radius 1 is 1.08 bits per heavy atom. The van der Waals surface area contributed by atoms with E-state index in [1.807, 2.05) is 0 Å². The van der Waals surface area contributed by atoms with Gasteiger partial charge in [-0.15, -0.1) is 0 Å². The normalized spacial score (nSPS) is 10.5. The summed E-state index contributed by atoms with van der Waals surface area (Å²) in [5, 5.41) is 27.5. The van der Waals surface area contributed by atoms with Gasteiger partial charge in [-0.25, -0.2) is 0 Å². The number of aliphatic hydroxyl groups is 2. The van der Waals surface area contributed by atoms with Gasteiger partial charge in [0.1, 0.15) is 5.75 Å². The van der Waals surface area contributed by atoms with Gasteiger partial charge in [-0.2, -0.15) is 0 Å². The number of aryl methyl sites for hydroxylation is 1. The first-order chi connectivity index (χ1) is 6.11. The van der Waals surface area contributed by atoms with E-state index in [2.05, 4.69) is 0 Å². The third-order valence-electron chi connectivity index (χ3n) is 2.35. The van der Waals surface area contributed by atoms with Crippen LogP contribution in [-0.4, -0.2) is 15.3 Å². The predicted molar refractivity (Wildman–Crippen MR) is 49.4 cm³/mol. The Morgan fingerprint density at radius 2 is 1.62 bits per heavy atom. The number of aromatic hydroxyl groups is 1. The zero-order chi connectivity index (χ0) is 10.0. The molecule has 0 aliphatic carbocycles. The lowest BCUT2D eigenvalue weighted by Gasteiger charge is -2.13. The van der Waals surface area contributed by atoms with Crippen LogP contribution < -0.4 is 0 Å². The Kier molecular flexibility index (Phi) is 2.90. The summed E-state index contributed by atoms with van der Waals surface area (Å²) in [4.78, 5) is 0. The Hall–Kier alpha value is -1.06. The predicted octanol–water partition coefficient (Wildman–Crippen LogP) is 0.994. The van der Waals surface area contributed by atoms with Crippen molar-refractivity contribution >= 4 is 0 Å². The van der Waals surface area contributed by atoms with E-state index in [1.165, 1.54) is 0 Å². The number of hydrogen-bond acceptors (Lipinski definition) is 3.